The van der Waals surface area contributed by atoms with Gasteiger partial charge in [-0.3, -0.25) is 4.79 Å². The van der Waals surface area contributed by atoms with Gasteiger partial charge in [-0.15, -0.1) is 0 Å². The highest BCUT2D eigenvalue weighted by atomic mass is 32.2. The van der Waals surface area contributed by atoms with Crippen LogP contribution < -0.4 is 0 Å². The fraction of sp³-hybridized carbons (Fsp3) is 0.276. The van der Waals surface area contributed by atoms with Gasteiger partial charge in [0.15, 0.2) is 0 Å². The standard InChI is InChI=1S/C29H31FN2O5S/c1-2-36-18-7-17-32(38(34,35)28-12-5-9-24-8-3-4-11-27(24)28)22-29(33)31(21-26-10-6-19-37-26)20-23-13-15-25(30)16-14-23/h3-6,8-16,19H,2,7,17-18,20-22H2,1H3. The van der Waals surface area contributed by atoms with Crippen molar-refractivity contribution in [1.29, 1.82) is 0 Å². The molecule has 9 heteroatoms. The van der Waals surface area contributed by atoms with Crippen LogP contribution in [0.15, 0.2) is 94.4 Å². The van der Waals surface area contributed by atoms with Crippen LogP contribution in [-0.4, -0.2) is 49.8 Å². The first-order valence-electron chi connectivity index (χ1n) is 12.5. The van der Waals surface area contributed by atoms with E-state index in [1.807, 2.05) is 25.1 Å². The third kappa shape index (κ3) is 6.86. The van der Waals surface area contributed by atoms with E-state index in [-0.39, 0.29) is 36.9 Å². The molecule has 0 saturated heterocycles. The zero-order valence-electron chi connectivity index (χ0n) is 21.3. The zero-order chi connectivity index (χ0) is 27.0. The van der Waals surface area contributed by atoms with Gasteiger partial charge in [0.1, 0.15) is 11.6 Å². The predicted molar refractivity (Wildman–Crippen MR) is 143 cm³/mol. The van der Waals surface area contributed by atoms with Crippen LogP contribution in [0.5, 0.6) is 0 Å². The number of carbonyl (C=O) groups is 1. The molecule has 0 atom stereocenters. The minimum atomic E-state index is -4.03. The summed E-state index contributed by atoms with van der Waals surface area (Å²) in [5.74, 6) is -0.217. The molecule has 1 aromatic heterocycles. The molecular weight excluding hydrogens is 507 g/mol. The van der Waals surface area contributed by atoms with E-state index in [0.717, 1.165) is 5.39 Å². The second-order valence-electron chi connectivity index (χ2n) is 8.82. The highest BCUT2D eigenvalue weighted by Gasteiger charge is 2.30. The van der Waals surface area contributed by atoms with Crippen LogP contribution in [0, 0.1) is 5.82 Å². The van der Waals surface area contributed by atoms with Gasteiger partial charge in [-0.2, -0.15) is 4.31 Å². The topological polar surface area (TPSA) is 80.1 Å². The number of amides is 1. The van der Waals surface area contributed by atoms with Gasteiger partial charge in [0, 0.05) is 31.7 Å². The number of furan rings is 1. The van der Waals surface area contributed by atoms with Crippen LogP contribution in [0.4, 0.5) is 4.39 Å². The van der Waals surface area contributed by atoms with Crippen LogP contribution in [0.2, 0.25) is 0 Å². The van der Waals surface area contributed by atoms with Crippen molar-refractivity contribution in [1.82, 2.24) is 9.21 Å². The lowest BCUT2D eigenvalue weighted by atomic mass is 10.1. The summed E-state index contributed by atoms with van der Waals surface area (Å²) in [6, 6.07) is 21.7. The number of carbonyl (C=O) groups excluding carboxylic acids is 1. The Labute approximate surface area is 222 Å². The summed E-state index contributed by atoms with van der Waals surface area (Å²) < 4.78 is 53.4. The van der Waals surface area contributed by atoms with Crippen LogP contribution in [0.25, 0.3) is 10.8 Å². The van der Waals surface area contributed by atoms with Crippen LogP contribution in [-0.2, 0) is 32.6 Å². The molecule has 7 nitrogen and oxygen atoms in total. The third-order valence-corrected chi connectivity index (χ3v) is 8.05. The van der Waals surface area contributed by atoms with E-state index in [2.05, 4.69) is 0 Å². The number of hydrogen-bond acceptors (Lipinski definition) is 5. The van der Waals surface area contributed by atoms with E-state index in [1.54, 1.807) is 48.5 Å². The normalized spacial score (nSPS) is 11.8. The molecule has 0 N–H and O–H groups in total. The molecule has 0 unspecified atom stereocenters. The summed E-state index contributed by atoms with van der Waals surface area (Å²) in [6.45, 7) is 2.82. The number of fused-ring (bicyclic) bond motifs is 1. The Hall–Kier alpha value is -3.53. The van der Waals surface area contributed by atoms with Crippen molar-refractivity contribution in [2.75, 3.05) is 26.3 Å². The molecule has 0 fully saturated rings. The second kappa shape index (κ2) is 12.8. The maximum absolute atomic E-state index is 13.9. The Kier molecular flexibility index (Phi) is 9.28. The van der Waals surface area contributed by atoms with E-state index in [0.29, 0.717) is 36.3 Å². The molecule has 1 heterocycles. The van der Waals surface area contributed by atoms with E-state index >= 15 is 0 Å². The van der Waals surface area contributed by atoms with Crippen molar-refractivity contribution >= 4 is 26.7 Å². The van der Waals surface area contributed by atoms with Crippen molar-refractivity contribution in [2.45, 2.75) is 31.3 Å². The second-order valence-corrected chi connectivity index (χ2v) is 10.7. The monoisotopic (exact) mass is 538 g/mol. The highest BCUT2D eigenvalue weighted by molar-refractivity contribution is 7.89. The van der Waals surface area contributed by atoms with Crippen molar-refractivity contribution in [3.63, 3.8) is 0 Å². The Morgan fingerprint density at radius 2 is 1.71 bits per heavy atom. The quantitative estimate of drug-likeness (QED) is 0.218. The molecule has 0 aliphatic carbocycles. The number of halogens is 1. The maximum Gasteiger partial charge on any atom is 0.244 e. The first-order valence-corrected chi connectivity index (χ1v) is 13.9. The lowest BCUT2D eigenvalue weighted by molar-refractivity contribution is -0.133. The van der Waals surface area contributed by atoms with Gasteiger partial charge >= 0.3 is 0 Å². The first-order chi connectivity index (χ1) is 18.4. The van der Waals surface area contributed by atoms with E-state index in [1.165, 1.54) is 27.6 Å². The van der Waals surface area contributed by atoms with Crippen LogP contribution >= 0.6 is 0 Å². The summed E-state index contributed by atoms with van der Waals surface area (Å²) >= 11 is 0. The zero-order valence-corrected chi connectivity index (χ0v) is 22.1. The fourth-order valence-electron chi connectivity index (χ4n) is 4.22. The van der Waals surface area contributed by atoms with Crippen molar-refractivity contribution in [2.24, 2.45) is 0 Å². The molecule has 0 aliphatic rings. The molecule has 0 bridgehead atoms. The van der Waals surface area contributed by atoms with Crippen LogP contribution in [0.3, 0.4) is 0 Å². The van der Waals surface area contributed by atoms with Gasteiger partial charge in [-0.05, 0) is 54.6 Å². The summed E-state index contributed by atoms with van der Waals surface area (Å²) in [5.41, 5.74) is 0.714. The average Bonchev–Trinajstić information content (AvgIpc) is 3.44. The van der Waals surface area contributed by atoms with Gasteiger partial charge in [0.25, 0.3) is 0 Å². The molecule has 4 rings (SSSR count). The Morgan fingerprint density at radius 1 is 0.947 bits per heavy atom. The van der Waals surface area contributed by atoms with Crippen LogP contribution in [0.1, 0.15) is 24.7 Å². The molecular formula is C29H31FN2O5S. The minimum Gasteiger partial charge on any atom is -0.467 e. The van der Waals surface area contributed by atoms with Crippen molar-refractivity contribution < 1.29 is 26.8 Å². The molecule has 0 saturated carbocycles. The van der Waals surface area contributed by atoms with Crippen molar-refractivity contribution in [3.8, 4) is 0 Å². The maximum atomic E-state index is 13.9. The molecule has 200 valence electrons. The summed E-state index contributed by atoms with van der Waals surface area (Å²) in [7, 11) is -4.03. The van der Waals surface area contributed by atoms with E-state index in [9.17, 15) is 17.6 Å². The van der Waals surface area contributed by atoms with Gasteiger partial charge < -0.3 is 14.1 Å². The number of nitrogens with zero attached hydrogens (tertiary/aromatic N) is 2. The molecule has 0 radical (unpaired) electrons. The molecule has 4 aromatic rings. The van der Waals surface area contributed by atoms with Gasteiger partial charge in [0.05, 0.1) is 24.2 Å². The Balaban J connectivity index is 1.63. The SMILES string of the molecule is CCOCCCN(CC(=O)N(Cc1ccc(F)cc1)Cc1ccco1)S(=O)(=O)c1cccc2ccccc12. The van der Waals surface area contributed by atoms with Gasteiger partial charge in [0.2, 0.25) is 15.9 Å². The molecule has 3 aromatic carbocycles. The fourth-order valence-corrected chi connectivity index (χ4v) is 5.86. The number of hydrogen-bond donors (Lipinski definition) is 0. The molecule has 0 aliphatic heterocycles. The summed E-state index contributed by atoms with van der Waals surface area (Å²) in [4.78, 5) is 15.3. The highest BCUT2D eigenvalue weighted by Crippen LogP contribution is 2.26. The summed E-state index contributed by atoms with van der Waals surface area (Å²) in [6.07, 6.45) is 1.95. The third-order valence-electron chi connectivity index (χ3n) is 6.15. The Morgan fingerprint density at radius 3 is 2.45 bits per heavy atom. The number of ether oxygens (including phenoxy) is 1. The predicted octanol–water partition coefficient (Wildman–Crippen LogP) is 5.22. The molecule has 1 amide bonds. The Bertz CT molecular complexity index is 1430. The average molecular weight is 539 g/mol. The van der Waals surface area contributed by atoms with Crippen molar-refractivity contribution in [3.05, 3.63) is 102 Å². The van der Waals surface area contributed by atoms with Gasteiger partial charge in [-0.25, -0.2) is 12.8 Å². The smallest absolute Gasteiger partial charge is 0.244 e. The number of rotatable bonds is 13. The first kappa shape index (κ1) is 27.5. The molecule has 0 spiro atoms. The number of benzene rings is 3. The lowest BCUT2D eigenvalue weighted by Gasteiger charge is -2.27. The lowest BCUT2D eigenvalue weighted by Crippen LogP contribution is -2.43. The van der Waals surface area contributed by atoms with E-state index < -0.39 is 15.9 Å². The number of sulfonamides is 1. The van der Waals surface area contributed by atoms with Gasteiger partial charge in [-0.1, -0.05) is 48.5 Å². The van der Waals surface area contributed by atoms with E-state index in [4.69, 9.17) is 9.15 Å². The minimum absolute atomic E-state index is 0.114. The molecule has 38 heavy (non-hydrogen) atoms. The summed E-state index contributed by atoms with van der Waals surface area (Å²) in [5, 5.41) is 1.39. The largest absolute Gasteiger partial charge is 0.467 e.